The van der Waals surface area contributed by atoms with E-state index in [1.807, 2.05) is 0 Å². The Morgan fingerprint density at radius 3 is 2.61 bits per heavy atom. The molecule has 1 saturated heterocycles. The van der Waals surface area contributed by atoms with Gasteiger partial charge in [-0.15, -0.1) is 11.8 Å². The molecule has 0 aromatic heterocycles. The number of nitrogens with one attached hydrogen (secondary N) is 1. The molecule has 2 aliphatic heterocycles. The molecule has 148 valence electrons. The summed E-state index contributed by atoms with van der Waals surface area (Å²) in [7, 11) is 0. The summed E-state index contributed by atoms with van der Waals surface area (Å²) in [4.78, 5) is 49.8. The highest BCUT2D eigenvalue weighted by Gasteiger charge is 2.54. The molecule has 0 radical (unpaired) electrons. The van der Waals surface area contributed by atoms with Gasteiger partial charge < -0.3 is 15.2 Å². The van der Waals surface area contributed by atoms with Crippen molar-refractivity contribution in [2.45, 2.75) is 37.8 Å². The summed E-state index contributed by atoms with van der Waals surface area (Å²) < 4.78 is 5.28. The van der Waals surface area contributed by atoms with E-state index in [1.54, 1.807) is 44.2 Å². The smallest absolute Gasteiger partial charge is 0.352 e. The maximum atomic E-state index is 12.8. The Morgan fingerprint density at radius 2 is 2.00 bits per heavy atom. The predicted molar refractivity (Wildman–Crippen MR) is 101 cm³/mol. The van der Waals surface area contributed by atoms with Gasteiger partial charge in [0.05, 0.1) is 0 Å². The number of hydrogen-bond donors (Lipinski definition) is 2. The molecule has 28 heavy (non-hydrogen) atoms. The van der Waals surface area contributed by atoms with Gasteiger partial charge in [0.15, 0.2) is 0 Å². The standard InChI is InChI=1S/C19H20N2O6S/c1-3-12(22)27-15(11-7-5-4-6-8-11)16(23)20-13-17(24)21-14(19(25)26)10(2)9-28-18(13)21/h4-8,13,15,18H,3,9H2,1-2H3,(H,20,23)(H,25,26). The minimum Gasteiger partial charge on any atom is -0.477 e. The molecule has 3 unspecified atom stereocenters. The molecule has 2 heterocycles. The molecule has 0 saturated carbocycles. The van der Waals surface area contributed by atoms with Gasteiger partial charge in [-0.05, 0) is 12.5 Å². The number of carbonyl (C=O) groups excluding carboxylic acids is 3. The zero-order valence-electron chi connectivity index (χ0n) is 15.4. The van der Waals surface area contributed by atoms with E-state index in [2.05, 4.69) is 5.32 Å². The maximum absolute atomic E-state index is 12.8. The van der Waals surface area contributed by atoms with Crippen LogP contribution < -0.4 is 5.32 Å². The Bertz CT molecular complexity index is 853. The van der Waals surface area contributed by atoms with Gasteiger partial charge in [0.25, 0.3) is 11.8 Å². The normalized spacial score (nSPS) is 22.1. The van der Waals surface area contributed by atoms with Gasteiger partial charge in [-0.25, -0.2) is 4.79 Å². The summed E-state index contributed by atoms with van der Waals surface area (Å²) in [5.41, 5.74) is 1.06. The van der Waals surface area contributed by atoms with E-state index in [9.17, 15) is 24.3 Å². The van der Waals surface area contributed by atoms with Crippen LogP contribution in [0.1, 0.15) is 31.9 Å². The number of carboxylic acids is 1. The van der Waals surface area contributed by atoms with Crippen LogP contribution in [0.4, 0.5) is 0 Å². The second-order valence-corrected chi connectivity index (χ2v) is 7.57. The first-order valence-corrected chi connectivity index (χ1v) is 9.82. The van der Waals surface area contributed by atoms with Crippen molar-refractivity contribution in [3.8, 4) is 0 Å². The third kappa shape index (κ3) is 3.62. The highest BCUT2D eigenvalue weighted by molar-refractivity contribution is 8.00. The largest absolute Gasteiger partial charge is 0.477 e. The minimum absolute atomic E-state index is 0.0312. The molecule has 1 aromatic carbocycles. The molecule has 0 spiro atoms. The number of amides is 2. The van der Waals surface area contributed by atoms with Crippen LogP contribution in [0.3, 0.4) is 0 Å². The lowest BCUT2D eigenvalue weighted by Gasteiger charge is -2.49. The van der Waals surface area contributed by atoms with E-state index in [0.717, 1.165) is 0 Å². The highest BCUT2D eigenvalue weighted by Crippen LogP contribution is 2.40. The second kappa shape index (κ2) is 8.05. The molecule has 0 aliphatic carbocycles. The van der Waals surface area contributed by atoms with Crippen molar-refractivity contribution in [3.05, 3.63) is 47.2 Å². The number of rotatable bonds is 6. The zero-order valence-corrected chi connectivity index (χ0v) is 16.2. The number of fused-ring (bicyclic) bond motifs is 1. The van der Waals surface area contributed by atoms with Crippen molar-refractivity contribution in [3.63, 3.8) is 0 Å². The lowest BCUT2D eigenvalue weighted by Crippen LogP contribution is -2.70. The summed E-state index contributed by atoms with van der Waals surface area (Å²) >= 11 is 1.38. The Labute approximate surface area is 165 Å². The van der Waals surface area contributed by atoms with Crippen LogP contribution in [-0.2, 0) is 23.9 Å². The van der Waals surface area contributed by atoms with Crippen molar-refractivity contribution in [2.75, 3.05) is 5.75 Å². The third-order valence-corrected chi connectivity index (χ3v) is 5.96. The van der Waals surface area contributed by atoms with Gasteiger partial charge in [0.1, 0.15) is 17.1 Å². The molecule has 2 N–H and O–H groups in total. The predicted octanol–water partition coefficient (Wildman–Crippen LogP) is 1.44. The van der Waals surface area contributed by atoms with Crippen LogP contribution in [0.15, 0.2) is 41.6 Å². The molecule has 0 bridgehead atoms. The van der Waals surface area contributed by atoms with Gasteiger partial charge in [-0.1, -0.05) is 37.3 Å². The van der Waals surface area contributed by atoms with Crippen molar-refractivity contribution >= 4 is 35.5 Å². The summed E-state index contributed by atoms with van der Waals surface area (Å²) in [5.74, 6) is -2.36. The minimum atomic E-state index is -1.18. The topological polar surface area (TPSA) is 113 Å². The number of nitrogens with zero attached hydrogens (tertiary/aromatic N) is 1. The number of β-lactam (4-membered cyclic amide) rings is 1. The molecule has 3 atom stereocenters. The molecule has 9 heteroatoms. The molecular formula is C19H20N2O6S. The average molecular weight is 404 g/mol. The van der Waals surface area contributed by atoms with Crippen molar-refractivity contribution < 1.29 is 29.0 Å². The fourth-order valence-electron chi connectivity index (χ4n) is 3.12. The Kier molecular flexibility index (Phi) is 5.73. The molecule has 1 aromatic rings. The van der Waals surface area contributed by atoms with Crippen LogP contribution >= 0.6 is 11.8 Å². The molecule has 2 aliphatic rings. The quantitative estimate of drug-likeness (QED) is 0.545. The van der Waals surface area contributed by atoms with Crippen LogP contribution in [0.2, 0.25) is 0 Å². The van der Waals surface area contributed by atoms with E-state index >= 15 is 0 Å². The summed E-state index contributed by atoms with van der Waals surface area (Å²) in [6, 6.07) is 7.66. The van der Waals surface area contributed by atoms with Crippen LogP contribution in [0.25, 0.3) is 0 Å². The van der Waals surface area contributed by atoms with E-state index in [0.29, 0.717) is 16.9 Å². The number of aliphatic carboxylic acids is 1. The SMILES string of the molecule is CCC(=O)OC(C(=O)NC1C(=O)N2C(C(=O)O)=C(C)CSC12)c1ccccc1. The number of carboxylic acid groups (broad SMARTS) is 1. The van der Waals surface area contributed by atoms with Gasteiger partial charge in [-0.2, -0.15) is 0 Å². The van der Waals surface area contributed by atoms with E-state index in [4.69, 9.17) is 4.74 Å². The first-order valence-electron chi connectivity index (χ1n) is 8.77. The summed E-state index contributed by atoms with van der Waals surface area (Å²) in [6.07, 6.45) is -1.07. The van der Waals surface area contributed by atoms with Gasteiger partial charge in [0, 0.05) is 17.7 Å². The average Bonchev–Trinajstić information content (AvgIpc) is 2.69. The van der Waals surface area contributed by atoms with E-state index in [1.165, 1.54) is 16.7 Å². The fraction of sp³-hybridized carbons (Fsp3) is 0.368. The highest BCUT2D eigenvalue weighted by atomic mass is 32.2. The lowest BCUT2D eigenvalue weighted by molar-refractivity contribution is -0.159. The maximum Gasteiger partial charge on any atom is 0.352 e. The van der Waals surface area contributed by atoms with E-state index < -0.39 is 41.3 Å². The Morgan fingerprint density at radius 1 is 1.32 bits per heavy atom. The summed E-state index contributed by atoms with van der Waals surface area (Å²) in [5, 5.41) is 11.5. The van der Waals surface area contributed by atoms with Crippen molar-refractivity contribution in [1.82, 2.24) is 10.2 Å². The van der Waals surface area contributed by atoms with Crippen LogP contribution in [0, 0.1) is 0 Å². The molecule has 8 nitrogen and oxygen atoms in total. The second-order valence-electron chi connectivity index (χ2n) is 6.46. The van der Waals surface area contributed by atoms with Gasteiger partial charge in [0.2, 0.25) is 6.10 Å². The van der Waals surface area contributed by atoms with E-state index in [-0.39, 0.29) is 12.1 Å². The van der Waals surface area contributed by atoms with Gasteiger partial charge >= 0.3 is 11.9 Å². The Hall–Kier alpha value is -2.81. The lowest BCUT2D eigenvalue weighted by atomic mass is 10.0. The number of esters is 1. The Balaban J connectivity index is 1.77. The monoisotopic (exact) mass is 404 g/mol. The van der Waals surface area contributed by atoms with Crippen molar-refractivity contribution in [1.29, 1.82) is 0 Å². The number of benzene rings is 1. The van der Waals surface area contributed by atoms with Crippen LogP contribution in [0.5, 0.6) is 0 Å². The third-order valence-electron chi connectivity index (χ3n) is 4.54. The molecule has 1 fully saturated rings. The molecule has 2 amide bonds. The van der Waals surface area contributed by atoms with Crippen LogP contribution in [-0.4, -0.2) is 50.9 Å². The fourth-order valence-corrected chi connectivity index (χ4v) is 4.41. The number of carbonyl (C=O) groups is 4. The number of thioether (sulfide) groups is 1. The molecular weight excluding hydrogens is 384 g/mol. The van der Waals surface area contributed by atoms with Gasteiger partial charge in [-0.3, -0.25) is 19.3 Å². The summed E-state index contributed by atoms with van der Waals surface area (Å²) in [6.45, 7) is 3.29. The zero-order chi connectivity index (χ0) is 20.4. The molecule has 3 rings (SSSR count). The first kappa shape index (κ1) is 19.9. The number of hydrogen-bond acceptors (Lipinski definition) is 6. The van der Waals surface area contributed by atoms with Crippen molar-refractivity contribution in [2.24, 2.45) is 0 Å². The number of ether oxygens (including phenoxy) is 1. The first-order chi connectivity index (χ1) is 13.3.